The minimum Gasteiger partial charge on any atom is -0.481 e. The number of carboxylic acid groups (broad SMARTS) is 1. The second-order valence-electron chi connectivity index (χ2n) is 4.09. The summed E-state index contributed by atoms with van der Waals surface area (Å²) in [5.74, 6) is -5.83. The van der Waals surface area contributed by atoms with Crippen molar-refractivity contribution in [2.45, 2.75) is 24.0 Å². The number of nitrogens with zero attached hydrogens (tertiary/aromatic N) is 3. The number of hydrogen-bond donors (Lipinski definition) is 1. The lowest BCUT2D eigenvalue weighted by Gasteiger charge is -2.17. The van der Waals surface area contributed by atoms with Crippen LogP contribution in [0.1, 0.15) is 0 Å². The highest BCUT2D eigenvalue weighted by Crippen LogP contribution is 2.30. The molecule has 114 valence electrons. The molecule has 0 aliphatic rings. The second kappa shape index (κ2) is 5.88. The maximum absolute atomic E-state index is 13.3. The highest BCUT2D eigenvalue weighted by atomic mass is 32.2. The molecule has 0 atom stereocenters. The quantitative estimate of drug-likeness (QED) is 0.653. The number of hydrogen-bond acceptors (Lipinski definition) is 4. The molecule has 0 saturated carbocycles. The number of alkyl halides is 4. The minimum atomic E-state index is -4.24. The van der Waals surface area contributed by atoms with Crippen LogP contribution in [-0.2, 0) is 11.3 Å². The van der Waals surface area contributed by atoms with Gasteiger partial charge in [0.25, 0.3) is 0 Å². The first kappa shape index (κ1) is 15.5. The van der Waals surface area contributed by atoms with Crippen LogP contribution >= 0.6 is 11.8 Å². The van der Waals surface area contributed by atoms with Crippen molar-refractivity contribution in [1.82, 2.24) is 14.5 Å². The first-order chi connectivity index (χ1) is 9.81. The van der Waals surface area contributed by atoms with Crippen molar-refractivity contribution in [3.8, 4) is 0 Å². The smallest absolute Gasteiger partial charge is 0.324 e. The average molecular weight is 323 g/mol. The lowest BCUT2D eigenvalue weighted by Crippen LogP contribution is -2.32. The van der Waals surface area contributed by atoms with Crippen molar-refractivity contribution < 1.29 is 27.5 Å². The van der Waals surface area contributed by atoms with Gasteiger partial charge in [0.05, 0.1) is 24.0 Å². The van der Waals surface area contributed by atoms with Crippen molar-refractivity contribution in [3.05, 3.63) is 18.5 Å². The Bertz CT molecular complexity index is 662. The SMILES string of the molecule is O=C(O)CSc1nc2cnccc2n1CC(F)(F)C(F)F. The monoisotopic (exact) mass is 323 g/mol. The average Bonchev–Trinajstić information content (AvgIpc) is 2.74. The number of aliphatic carboxylic acids is 1. The number of fused-ring (bicyclic) bond motifs is 1. The van der Waals surface area contributed by atoms with E-state index >= 15 is 0 Å². The van der Waals surface area contributed by atoms with Crippen LogP contribution < -0.4 is 0 Å². The van der Waals surface area contributed by atoms with Crippen LogP contribution in [-0.4, -0.2) is 43.7 Å². The molecule has 2 aromatic heterocycles. The Hall–Kier alpha value is -1.84. The third-order valence-corrected chi connectivity index (χ3v) is 3.49. The van der Waals surface area contributed by atoms with E-state index in [2.05, 4.69) is 9.97 Å². The first-order valence-electron chi connectivity index (χ1n) is 5.62. The van der Waals surface area contributed by atoms with Gasteiger partial charge in [0, 0.05) is 6.20 Å². The van der Waals surface area contributed by atoms with Gasteiger partial charge in [-0.3, -0.25) is 9.78 Å². The van der Waals surface area contributed by atoms with Gasteiger partial charge < -0.3 is 9.67 Å². The number of carbonyl (C=O) groups is 1. The number of rotatable bonds is 6. The van der Waals surface area contributed by atoms with Crippen LogP contribution in [0.5, 0.6) is 0 Å². The molecular formula is C11H9F4N3O2S. The summed E-state index contributed by atoms with van der Waals surface area (Å²) in [5.41, 5.74) is 0.425. The molecule has 0 fully saturated rings. The molecule has 1 N–H and O–H groups in total. The van der Waals surface area contributed by atoms with Crippen LogP contribution in [0.3, 0.4) is 0 Å². The maximum Gasteiger partial charge on any atom is 0.324 e. The van der Waals surface area contributed by atoms with Crippen molar-refractivity contribution >= 4 is 28.8 Å². The fourth-order valence-electron chi connectivity index (χ4n) is 1.63. The second-order valence-corrected chi connectivity index (χ2v) is 5.03. The van der Waals surface area contributed by atoms with Gasteiger partial charge in [-0.05, 0) is 6.07 Å². The molecule has 21 heavy (non-hydrogen) atoms. The van der Waals surface area contributed by atoms with Gasteiger partial charge in [0.1, 0.15) is 5.52 Å². The van der Waals surface area contributed by atoms with Gasteiger partial charge in [-0.2, -0.15) is 8.78 Å². The molecule has 0 bridgehead atoms. The molecule has 0 aliphatic heterocycles. The highest BCUT2D eigenvalue weighted by Gasteiger charge is 2.42. The van der Waals surface area contributed by atoms with Gasteiger partial charge in [0.2, 0.25) is 0 Å². The molecular weight excluding hydrogens is 314 g/mol. The summed E-state index contributed by atoms with van der Waals surface area (Å²) in [6.07, 6.45) is -1.22. The summed E-state index contributed by atoms with van der Waals surface area (Å²) >= 11 is 0.680. The normalized spacial score (nSPS) is 12.2. The van der Waals surface area contributed by atoms with Crippen LogP contribution in [0.4, 0.5) is 17.6 Å². The Morgan fingerprint density at radius 3 is 2.81 bits per heavy atom. The Labute approximate surface area is 120 Å². The van der Waals surface area contributed by atoms with E-state index in [9.17, 15) is 22.4 Å². The zero-order valence-electron chi connectivity index (χ0n) is 10.3. The van der Waals surface area contributed by atoms with E-state index in [0.717, 1.165) is 4.57 Å². The van der Waals surface area contributed by atoms with Crippen LogP contribution in [0.25, 0.3) is 11.0 Å². The van der Waals surface area contributed by atoms with Crippen LogP contribution in [0.15, 0.2) is 23.6 Å². The van der Waals surface area contributed by atoms with Crippen LogP contribution in [0.2, 0.25) is 0 Å². The summed E-state index contributed by atoms with van der Waals surface area (Å²) in [6, 6.07) is 1.36. The number of halogens is 4. The zero-order chi connectivity index (χ0) is 15.6. The first-order valence-corrected chi connectivity index (χ1v) is 6.60. The summed E-state index contributed by atoms with van der Waals surface area (Å²) in [5, 5.41) is 8.55. The lowest BCUT2D eigenvalue weighted by molar-refractivity contribution is -0.138. The van der Waals surface area contributed by atoms with Gasteiger partial charge in [-0.25, -0.2) is 13.8 Å². The standard InChI is InChI=1S/C11H9F4N3O2S/c12-9(13)11(14,15)5-18-7-1-2-16-3-6(7)17-10(18)21-4-8(19)20/h1-3,9H,4-5H2,(H,19,20). The van der Waals surface area contributed by atoms with Crippen molar-refractivity contribution in [2.24, 2.45) is 0 Å². The summed E-state index contributed by atoms with van der Waals surface area (Å²) < 4.78 is 52.1. The molecule has 5 nitrogen and oxygen atoms in total. The van der Waals surface area contributed by atoms with Gasteiger partial charge in [-0.1, -0.05) is 11.8 Å². The number of imidazole rings is 1. The van der Waals surface area contributed by atoms with Gasteiger partial charge >= 0.3 is 18.3 Å². The number of carboxylic acids is 1. The molecule has 0 aromatic carbocycles. The maximum atomic E-state index is 13.3. The topological polar surface area (TPSA) is 68.0 Å². The van der Waals surface area contributed by atoms with Gasteiger partial charge in [0.15, 0.2) is 5.16 Å². The Kier molecular flexibility index (Phi) is 4.35. The van der Waals surface area contributed by atoms with E-state index in [-0.39, 0.29) is 16.2 Å². The third kappa shape index (κ3) is 3.43. The highest BCUT2D eigenvalue weighted by molar-refractivity contribution is 7.99. The number of thioether (sulfide) groups is 1. The molecule has 2 aromatic rings. The molecule has 0 amide bonds. The molecule has 10 heteroatoms. The fraction of sp³-hybridized carbons (Fsp3) is 0.364. The number of aromatic nitrogens is 3. The minimum absolute atomic E-state index is 0.0688. The van der Waals surface area contributed by atoms with Gasteiger partial charge in [-0.15, -0.1) is 0 Å². The largest absolute Gasteiger partial charge is 0.481 e. The predicted molar refractivity (Wildman–Crippen MR) is 66.8 cm³/mol. The summed E-state index contributed by atoms with van der Waals surface area (Å²) in [6.45, 7) is -1.28. The van der Waals surface area contributed by atoms with E-state index in [1.807, 2.05) is 0 Å². The van der Waals surface area contributed by atoms with E-state index in [1.54, 1.807) is 0 Å². The fourth-order valence-corrected chi connectivity index (χ4v) is 2.36. The molecule has 0 spiro atoms. The lowest BCUT2D eigenvalue weighted by atomic mass is 10.3. The van der Waals surface area contributed by atoms with Crippen LogP contribution in [0, 0.1) is 0 Å². The Morgan fingerprint density at radius 2 is 2.19 bits per heavy atom. The predicted octanol–water partition coefficient (Wildman–Crippen LogP) is 2.51. The van der Waals surface area contributed by atoms with E-state index < -0.39 is 30.6 Å². The van der Waals surface area contributed by atoms with Crippen molar-refractivity contribution in [3.63, 3.8) is 0 Å². The van der Waals surface area contributed by atoms with E-state index in [4.69, 9.17) is 5.11 Å². The Balaban J connectivity index is 2.42. The third-order valence-electron chi connectivity index (χ3n) is 2.53. The van der Waals surface area contributed by atoms with Crippen molar-refractivity contribution in [2.75, 3.05) is 5.75 Å². The zero-order valence-corrected chi connectivity index (χ0v) is 11.2. The molecule has 0 radical (unpaired) electrons. The van der Waals surface area contributed by atoms with E-state index in [0.29, 0.717) is 11.8 Å². The molecule has 0 unspecified atom stereocenters. The number of pyridine rings is 1. The molecule has 0 aliphatic carbocycles. The summed E-state index contributed by atoms with van der Waals surface area (Å²) in [7, 11) is 0. The van der Waals surface area contributed by atoms with E-state index in [1.165, 1.54) is 18.5 Å². The Morgan fingerprint density at radius 1 is 1.48 bits per heavy atom. The molecule has 2 heterocycles. The molecule has 0 saturated heterocycles. The van der Waals surface area contributed by atoms with Crippen molar-refractivity contribution in [1.29, 1.82) is 0 Å². The molecule has 2 rings (SSSR count). The summed E-state index contributed by atoms with van der Waals surface area (Å²) in [4.78, 5) is 18.3.